The first kappa shape index (κ1) is 16.1. The Morgan fingerprint density at radius 3 is 2.55 bits per heavy atom. The highest BCUT2D eigenvalue weighted by molar-refractivity contribution is 5.49. The van der Waals surface area contributed by atoms with E-state index in [1.54, 1.807) is 37.3 Å². The molecule has 0 spiro atoms. The maximum Gasteiger partial charge on any atom is 0.167 e. The predicted molar refractivity (Wildman–Crippen MR) is 84.2 cm³/mol. The number of hydrogen-bond donors (Lipinski definition) is 1. The first-order chi connectivity index (χ1) is 10.5. The van der Waals surface area contributed by atoms with E-state index in [1.807, 2.05) is 18.2 Å². The van der Waals surface area contributed by atoms with E-state index in [2.05, 4.69) is 0 Å². The Balaban J connectivity index is 2.10. The molecule has 4 nitrogen and oxygen atoms in total. The highest BCUT2D eigenvalue weighted by Crippen LogP contribution is 2.25. The molecular formula is C17H20FNO3. The monoisotopic (exact) mass is 305 g/mol. The van der Waals surface area contributed by atoms with Gasteiger partial charge >= 0.3 is 0 Å². The van der Waals surface area contributed by atoms with E-state index in [1.165, 1.54) is 13.2 Å². The van der Waals surface area contributed by atoms with Gasteiger partial charge in [0.15, 0.2) is 11.6 Å². The molecule has 118 valence electrons. The number of halogens is 1. The molecule has 0 aliphatic rings. The van der Waals surface area contributed by atoms with E-state index in [9.17, 15) is 9.50 Å². The molecular weight excluding hydrogens is 285 g/mol. The van der Waals surface area contributed by atoms with Crippen molar-refractivity contribution < 1.29 is 19.0 Å². The molecule has 2 aromatic rings. The summed E-state index contributed by atoms with van der Waals surface area (Å²) < 4.78 is 23.8. The molecule has 0 amide bonds. The zero-order valence-corrected chi connectivity index (χ0v) is 12.9. The van der Waals surface area contributed by atoms with Crippen molar-refractivity contribution in [2.75, 3.05) is 32.7 Å². The molecule has 1 N–H and O–H groups in total. The smallest absolute Gasteiger partial charge is 0.167 e. The zero-order chi connectivity index (χ0) is 16.1. The van der Waals surface area contributed by atoms with Crippen LogP contribution in [-0.2, 0) is 0 Å². The van der Waals surface area contributed by atoms with Crippen LogP contribution in [0.4, 0.5) is 10.1 Å². The minimum absolute atomic E-state index is 0.200. The Bertz CT molecular complexity index is 633. The summed E-state index contributed by atoms with van der Waals surface area (Å²) in [6.45, 7) is 0.332. The number of aliphatic hydroxyl groups excluding tert-OH is 1. The first-order valence-electron chi connectivity index (χ1n) is 6.92. The van der Waals surface area contributed by atoms with Crippen molar-refractivity contribution >= 4 is 5.69 Å². The predicted octanol–water partition coefficient (Wildman–Crippen LogP) is 3.01. The number of likely N-dealkylation sites (N-methyl/N-ethyl adjacent to an activating group) is 1. The Labute approximate surface area is 129 Å². The van der Waals surface area contributed by atoms with Crippen molar-refractivity contribution in [3.8, 4) is 11.5 Å². The fraction of sp³-hybridized carbons (Fsp3) is 0.294. The van der Waals surface area contributed by atoms with Crippen LogP contribution >= 0.6 is 0 Å². The van der Waals surface area contributed by atoms with Gasteiger partial charge in [-0.2, -0.15) is 0 Å². The normalized spacial score (nSPS) is 11.9. The molecule has 0 fully saturated rings. The largest absolute Gasteiger partial charge is 0.497 e. The van der Waals surface area contributed by atoms with Crippen LogP contribution in [0.1, 0.15) is 11.7 Å². The SMILES string of the molecule is COc1cccc(C(O)CN(C)c2ccc(OC)c(F)c2)c1. The van der Waals surface area contributed by atoms with Crippen LogP contribution < -0.4 is 14.4 Å². The number of aliphatic hydroxyl groups is 1. The molecule has 1 unspecified atom stereocenters. The standard InChI is InChI=1S/C17H20FNO3/c1-19(13-7-8-17(22-3)15(18)10-13)11-16(20)12-5-4-6-14(9-12)21-2/h4-10,16,20H,11H2,1-3H3. The van der Waals surface area contributed by atoms with Gasteiger partial charge in [0.05, 0.1) is 20.3 Å². The Morgan fingerprint density at radius 2 is 1.91 bits per heavy atom. The quantitative estimate of drug-likeness (QED) is 0.891. The average Bonchev–Trinajstić information content (AvgIpc) is 2.54. The Hall–Kier alpha value is -2.27. The molecule has 2 rings (SSSR count). The van der Waals surface area contributed by atoms with Crippen molar-refractivity contribution in [1.82, 2.24) is 0 Å². The summed E-state index contributed by atoms with van der Waals surface area (Å²) >= 11 is 0. The van der Waals surface area contributed by atoms with Gasteiger partial charge in [-0.15, -0.1) is 0 Å². The molecule has 0 aromatic heterocycles. The minimum Gasteiger partial charge on any atom is -0.497 e. The number of hydrogen-bond acceptors (Lipinski definition) is 4. The van der Waals surface area contributed by atoms with Gasteiger partial charge in [-0.3, -0.25) is 0 Å². The van der Waals surface area contributed by atoms with Crippen molar-refractivity contribution in [1.29, 1.82) is 0 Å². The molecule has 0 saturated carbocycles. The topological polar surface area (TPSA) is 41.9 Å². The highest BCUT2D eigenvalue weighted by Gasteiger charge is 2.13. The van der Waals surface area contributed by atoms with E-state index in [0.717, 1.165) is 5.56 Å². The minimum atomic E-state index is -0.703. The molecule has 0 bridgehead atoms. The van der Waals surface area contributed by atoms with Crippen molar-refractivity contribution in [3.05, 3.63) is 53.8 Å². The Kier molecular flexibility index (Phi) is 5.22. The van der Waals surface area contributed by atoms with Crippen LogP contribution in [0.5, 0.6) is 11.5 Å². The third-order valence-corrected chi connectivity index (χ3v) is 3.50. The van der Waals surface area contributed by atoms with Gasteiger partial charge in [0.2, 0.25) is 0 Å². The van der Waals surface area contributed by atoms with Gasteiger partial charge in [0, 0.05) is 25.3 Å². The number of methoxy groups -OCH3 is 2. The summed E-state index contributed by atoms with van der Waals surface area (Å²) in [6, 6.07) is 12.0. The lowest BCUT2D eigenvalue weighted by Gasteiger charge is -2.23. The summed E-state index contributed by atoms with van der Waals surface area (Å²) in [5.74, 6) is 0.461. The van der Waals surface area contributed by atoms with E-state index in [4.69, 9.17) is 9.47 Å². The van der Waals surface area contributed by atoms with Gasteiger partial charge in [-0.05, 0) is 29.8 Å². The van der Waals surface area contributed by atoms with E-state index in [0.29, 0.717) is 18.0 Å². The van der Waals surface area contributed by atoms with Gasteiger partial charge in [-0.1, -0.05) is 12.1 Å². The molecule has 0 radical (unpaired) electrons. The van der Waals surface area contributed by atoms with Crippen LogP contribution in [0.25, 0.3) is 0 Å². The van der Waals surface area contributed by atoms with Gasteiger partial charge in [0.1, 0.15) is 5.75 Å². The van der Waals surface area contributed by atoms with Crippen LogP contribution in [0, 0.1) is 5.82 Å². The van der Waals surface area contributed by atoms with Crippen LogP contribution in [0.15, 0.2) is 42.5 Å². The number of nitrogens with zero attached hydrogens (tertiary/aromatic N) is 1. The molecule has 0 heterocycles. The fourth-order valence-electron chi connectivity index (χ4n) is 2.21. The lowest BCUT2D eigenvalue weighted by atomic mass is 10.1. The van der Waals surface area contributed by atoms with Crippen LogP contribution in [-0.4, -0.2) is 32.9 Å². The third-order valence-electron chi connectivity index (χ3n) is 3.50. The Morgan fingerprint density at radius 1 is 1.14 bits per heavy atom. The van der Waals surface area contributed by atoms with Gasteiger partial charge in [-0.25, -0.2) is 4.39 Å². The van der Waals surface area contributed by atoms with Gasteiger partial charge in [0.25, 0.3) is 0 Å². The molecule has 0 aliphatic heterocycles. The highest BCUT2D eigenvalue weighted by atomic mass is 19.1. The second-order valence-electron chi connectivity index (χ2n) is 4.99. The maximum absolute atomic E-state index is 13.7. The number of ether oxygens (including phenoxy) is 2. The summed E-state index contributed by atoms with van der Waals surface area (Å²) in [4.78, 5) is 1.78. The van der Waals surface area contributed by atoms with E-state index >= 15 is 0 Å². The molecule has 0 saturated heterocycles. The molecule has 22 heavy (non-hydrogen) atoms. The second kappa shape index (κ2) is 7.13. The van der Waals surface area contributed by atoms with Crippen LogP contribution in [0.2, 0.25) is 0 Å². The summed E-state index contributed by atoms with van der Waals surface area (Å²) in [6.07, 6.45) is -0.703. The molecule has 5 heteroatoms. The van der Waals surface area contributed by atoms with Gasteiger partial charge < -0.3 is 19.5 Å². The third kappa shape index (κ3) is 3.68. The first-order valence-corrected chi connectivity index (χ1v) is 6.92. The lowest BCUT2D eigenvalue weighted by molar-refractivity contribution is 0.184. The molecule has 2 aromatic carbocycles. The van der Waals surface area contributed by atoms with Crippen molar-refractivity contribution in [2.45, 2.75) is 6.10 Å². The number of benzene rings is 2. The number of rotatable bonds is 6. The summed E-state index contributed by atoms with van der Waals surface area (Å²) in [7, 11) is 4.80. The second-order valence-corrected chi connectivity index (χ2v) is 4.99. The van der Waals surface area contributed by atoms with E-state index in [-0.39, 0.29) is 5.75 Å². The molecule has 0 aliphatic carbocycles. The van der Waals surface area contributed by atoms with E-state index < -0.39 is 11.9 Å². The van der Waals surface area contributed by atoms with Crippen molar-refractivity contribution in [3.63, 3.8) is 0 Å². The summed E-state index contributed by atoms with van der Waals surface area (Å²) in [5.41, 5.74) is 1.42. The van der Waals surface area contributed by atoms with Crippen LogP contribution in [0.3, 0.4) is 0 Å². The zero-order valence-electron chi connectivity index (χ0n) is 12.9. The maximum atomic E-state index is 13.7. The van der Waals surface area contributed by atoms with Crippen molar-refractivity contribution in [2.24, 2.45) is 0 Å². The lowest BCUT2D eigenvalue weighted by Crippen LogP contribution is -2.24. The molecule has 1 atom stereocenters. The average molecular weight is 305 g/mol. The summed E-state index contributed by atoms with van der Waals surface area (Å²) in [5, 5.41) is 10.3. The number of anilines is 1. The fourth-order valence-corrected chi connectivity index (χ4v) is 2.21.